The summed E-state index contributed by atoms with van der Waals surface area (Å²) >= 11 is 0. The van der Waals surface area contributed by atoms with Gasteiger partial charge in [-0.3, -0.25) is 14.9 Å². The molecule has 9 heteroatoms. The van der Waals surface area contributed by atoms with Gasteiger partial charge in [0.2, 0.25) is 5.91 Å². The zero-order valence-corrected chi connectivity index (χ0v) is 13.3. The van der Waals surface area contributed by atoms with E-state index in [1.54, 1.807) is 0 Å². The molecule has 6 nitrogen and oxygen atoms in total. The molecule has 2 saturated carbocycles. The maximum absolute atomic E-state index is 13.6. The minimum atomic E-state index is -4.63. The van der Waals surface area contributed by atoms with Crippen LogP contribution in [0.15, 0.2) is 0 Å². The van der Waals surface area contributed by atoms with E-state index >= 15 is 0 Å². The van der Waals surface area contributed by atoms with E-state index in [-0.39, 0.29) is 25.2 Å². The molecule has 0 aromatic rings. The zero-order valence-electron chi connectivity index (χ0n) is 13.3. The van der Waals surface area contributed by atoms with Gasteiger partial charge in [-0.25, -0.2) is 0 Å². The number of methoxy groups -OCH3 is 1. The number of rotatable bonds is 4. The lowest BCUT2D eigenvalue weighted by Crippen LogP contribution is -2.64. The second-order valence-corrected chi connectivity index (χ2v) is 7.32. The summed E-state index contributed by atoms with van der Waals surface area (Å²) in [4.78, 5) is 23.5. The van der Waals surface area contributed by atoms with Crippen molar-refractivity contribution in [1.29, 1.82) is 0 Å². The highest BCUT2D eigenvalue weighted by atomic mass is 19.4. The number of carbonyl (C=O) groups is 2. The van der Waals surface area contributed by atoms with E-state index in [2.05, 4.69) is 5.32 Å². The summed E-state index contributed by atoms with van der Waals surface area (Å²) < 4.78 is 45.8. The molecule has 0 bridgehead atoms. The van der Waals surface area contributed by atoms with Crippen LogP contribution in [0.4, 0.5) is 13.2 Å². The number of primary amides is 1. The molecule has 2 aliphatic carbocycles. The fourth-order valence-corrected chi connectivity index (χ4v) is 5.02. The number of alkyl halides is 3. The Morgan fingerprint density at radius 3 is 2.46 bits per heavy atom. The van der Waals surface area contributed by atoms with Gasteiger partial charge < -0.3 is 15.6 Å². The van der Waals surface area contributed by atoms with Gasteiger partial charge >= 0.3 is 12.1 Å². The van der Waals surface area contributed by atoms with Crippen molar-refractivity contribution in [1.82, 2.24) is 5.32 Å². The molecule has 0 aromatic heterocycles. The average Bonchev–Trinajstić information content (AvgIpc) is 3.08. The summed E-state index contributed by atoms with van der Waals surface area (Å²) in [5.41, 5.74) is 0.746. The van der Waals surface area contributed by atoms with Gasteiger partial charge in [-0.05, 0) is 38.0 Å². The molecule has 2 unspecified atom stereocenters. The Morgan fingerprint density at radius 2 is 2.00 bits per heavy atom. The van der Waals surface area contributed by atoms with Crippen LogP contribution < -0.4 is 11.1 Å². The molecule has 0 spiro atoms. The van der Waals surface area contributed by atoms with Gasteiger partial charge in [0.05, 0.1) is 5.41 Å². The number of nitrogens with one attached hydrogen (secondary N) is 1. The fraction of sp³-hybridized carbons (Fsp3) is 0.867. The average molecular weight is 350 g/mol. The minimum Gasteiger partial charge on any atom is -0.480 e. The molecule has 1 aliphatic heterocycles. The van der Waals surface area contributed by atoms with Crippen molar-refractivity contribution in [2.75, 3.05) is 7.11 Å². The van der Waals surface area contributed by atoms with Gasteiger partial charge in [0.25, 0.3) is 0 Å². The molecule has 3 fully saturated rings. The number of carboxylic acids is 1. The van der Waals surface area contributed by atoms with Crippen LogP contribution in [0.5, 0.6) is 0 Å². The lowest BCUT2D eigenvalue weighted by molar-refractivity contribution is -0.290. The topological polar surface area (TPSA) is 102 Å². The lowest BCUT2D eigenvalue weighted by Gasteiger charge is -2.50. The van der Waals surface area contributed by atoms with E-state index in [4.69, 9.17) is 10.5 Å². The highest BCUT2D eigenvalue weighted by Crippen LogP contribution is 2.67. The SMILES string of the molecule is COC1(C(F)(F)F)CCCC(C(N)=O)([C@]23C[C@@H]2C[C@@H](C(=O)O)N3)C1. The Kier molecular flexibility index (Phi) is 3.69. The van der Waals surface area contributed by atoms with Crippen LogP contribution >= 0.6 is 0 Å². The number of ether oxygens (including phenoxy) is 1. The summed E-state index contributed by atoms with van der Waals surface area (Å²) in [6.45, 7) is 0. The van der Waals surface area contributed by atoms with E-state index in [1.165, 1.54) is 0 Å². The van der Waals surface area contributed by atoms with Crippen molar-refractivity contribution in [3.63, 3.8) is 0 Å². The summed E-state index contributed by atoms with van der Waals surface area (Å²) in [6.07, 6.45) is -4.30. The number of piperidine rings is 1. The third kappa shape index (κ3) is 2.10. The van der Waals surface area contributed by atoms with E-state index in [1.807, 2.05) is 0 Å². The molecular weight excluding hydrogens is 329 g/mol. The highest BCUT2D eigenvalue weighted by molar-refractivity contribution is 5.85. The number of fused-ring (bicyclic) bond motifs is 1. The van der Waals surface area contributed by atoms with E-state index in [0.29, 0.717) is 12.8 Å². The molecule has 0 radical (unpaired) electrons. The van der Waals surface area contributed by atoms with Gasteiger partial charge in [-0.2, -0.15) is 13.2 Å². The first-order chi connectivity index (χ1) is 11.0. The minimum absolute atomic E-state index is 0.143. The van der Waals surface area contributed by atoms with E-state index in [9.17, 15) is 27.9 Å². The molecule has 4 N–H and O–H groups in total. The van der Waals surface area contributed by atoms with Crippen molar-refractivity contribution in [3.8, 4) is 0 Å². The molecule has 3 rings (SSSR count). The van der Waals surface area contributed by atoms with E-state index < -0.39 is 47.1 Å². The predicted octanol–water partition coefficient (Wildman–Crippen LogP) is 1.18. The third-order valence-electron chi connectivity index (χ3n) is 6.36. The third-order valence-corrected chi connectivity index (χ3v) is 6.36. The molecule has 3 aliphatic rings. The van der Waals surface area contributed by atoms with Crippen molar-refractivity contribution < 1.29 is 32.6 Å². The monoisotopic (exact) mass is 350 g/mol. The number of amides is 1. The smallest absolute Gasteiger partial charge is 0.417 e. The van der Waals surface area contributed by atoms with Gasteiger partial charge in [-0.1, -0.05) is 0 Å². The summed E-state index contributed by atoms with van der Waals surface area (Å²) in [7, 11) is 0.995. The van der Waals surface area contributed by atoms with Gasteiger partial charge in [0.15, 0.2) is 5.60 Å². The molecule has 1 saturated heterocycles. The van der Waals surface area contributed by atoms with E-state index in [0.717, 1.165) is 7.11 Å². The standard InChI is InChI=1S/C15H21F3N2O4/c1-24-13(15(16,17)18)4-2-3-12(7-13,11(19)23)14-6-8(14)5-9(20-14)10(21)22/h8-9,20H,2-7H2,1H3,(H2,19,23)(H,21,22)/t8-,9-,12?,13?,14-/m0/s1. The number of aliphatic carboxylic acids is 1. The number of carbonyl (C=O) groups excluding carboxylic acids is 1. The number of hydrogen-bond donors (Lipinski definition) is 3. The Balaban J connectivity index is 1.99. The predicted molar refractivity (Wildman–Crippen MR) is 75.9 cm³/mol. The summed E-state index contributed by atoms with van der Waals surface area (Å²) in [5.74, 6) is -2.02. The molecular formula is C15H21F3N2O4. The number of carboxylic acid groups (broad SMARTS) is 1. The maximum atomic E-state index is 13.6. The van der Waals surface area contributed by atoms with Crippen LogP contribution in [0.3, 0.4) is 0 Å². The summed E-state index contributed by atoms with van der Waals surface area (Å²) in [6, 6.07) is -0.857. The molecule has 0 aromatic carbocycles. The first-order valence-electron chi connectivity index (χ1n) is 7.96. The Morgan fingerprint density at radius 1 is 1.33 bits per heavy atom. The molecule has 1 heterocycles. The van der Waals surface area contributed by atoms with Gasteiger partial charge in [0, 0.05) is 19.1 Å². The number of halogens is 3. The Bertz CT molecular complexity index is 584. The van der Waals surface area contributed by atoms with Crippen LogP contribution in [0.25, 0.3) is 0 Å². The highest BCUT2D eigenvalue weighted by Gasteiger charge is 2.76. The van der Waals surface area contributed by atoms with Crippen molar-refractivity contribution in [2.24, 2.45) is 17.1 Å². The molecule has 136 valence electrons. The number of nitrogens with two attached hydrogens (primary N) is 1. The summed E-state index contributed by atoms with van der Waals surface area (Å²) in [5, 5.41) is 12.1. The first kappa shape index (κ1) is 17.5. The normalized spacial score (nSPS) is 44.8. The van der Waals surface area contributed by atoms with Crippen molar-refractivity contribution in [3.05, 3.63) is 0 Å². The second kappa shape index (κ2) is 5.08. The van der Waals surface area contributed by atoms with Crippen LogP contribution in [-0.2, 0) is 14.3 Å². The first-order valence-corrected chi connectivity index (χ1v) is 7.96. The van der Waals surface area contributed by atoms with Crippen molar-refractivity contribution in [2.45, 2.75) is 61.9 Å². The van der Waals surface area contributed by atoms with Crippen molar-refractivity contribution >= 4 is 11.9 Å². The fourth-order valence-electron chi connectivity index (χ4n) is 5.02. The number of hydrogen-bond acceptors (Lipinski definition) is 4. The molecule has 5 atom stereocenters. The molecule has 24 heavy (non-hydrogen) atoms. The largest absolute Gasteiger partial charge is 0.480 e. The van der Waals surface area contributed by atoms with Crippen LogP contribution in [0, 0.1) is 11.3 Å². The second-order valence-electron chi connectivity index (χ2n) is 7.32. The van der Waals surface area contributed by atoms with Crippen LogP contribution in [0.1, 0.15) is 38.5 Å². The lowest BCUT2D eigenvalue weighted by atomic mass is 9.61. The Hall–Kier alpha value is -1.35. The Labute approximate surface area is 136 Å². The van der Waals surface area contributed by atoms with Crippen LogP contribution in [-0.4, -0.2) is 47.5 Å². The zero-order chi connectivity index (χ0) is 18.0. The van der Waals surface area contributed by atoms with Gasteiger partial charge in [-0.15, -0.1) is 0 Å². The van der Waals surface area contributed by atoms with Gasteiger partial charge in [0.1, 0.15) is 6.04 Å². The maximum Gasteiger partial charge on any atom is 0.417 e. The quantitative estimate of drug-likeness (QED) is 0.707. The molecule has 1 amide bonds. The van der Waals surface area contributed by atoms with Crippen LogP contribution in [0.2, 0.25) is 0 Å².